The molecule has 0 aromatic carbocycles. The van der Waals surface area contributed by atoms with Gasteiger partial charge in [-0.1, -0.05) is 6.07 Å². The number of aromatic nitrogens is 1. The van der Waals surface area contributed by atoms with Crippen molar-refractivity contribution in [3.05, 3.63) is 30.1 Å². The molecule has 3 heteroatoms. The number of hydrogen-bond acceptors (Lipinski definition) is 3. The monoisotopic (exact) mass is 205 g/mol. The lowest BCUT2D eigenvalue weighted by Gasteiger charge is -2.36. The first-order valence-electron chi connectivity index (χ1n) is 5.61. The Morgan fingerprint density at radius 1 is 1.40 bits per heavy atom. The quantitative estimate of drug-likeness (QED) is 0.763. The van der Waals surface area contributed by atoms with Crippen LogP contribution in [0.4, 0.5) is 0 Å². The molecule has 0 bridgehead atoms. The summed E-state index contributed by atoms with van der Waals surface area (Å²) in [7, 11) is 0. The highest BCUT2D eigenvalue weighted by atomic mass is 14.8. The van der Waals surface area contributed by atoms with E-state index in [4.69, 9.17) is 11.5 Å². The SMILES string of the molecule is NC1CCC(N)(Cc2cccnc2)CC1. The third kappa shape index (κ3) is 2.76. The molecule has 1 aromatic heterocycles. The van der Waals surface area contributed by atoms with E-state index in [1.165, 1.54) is 5.56 Å². The Morgan fingerprint density at radius 2 is 2.13 bits per heavy atom. The number of rotatable bonds is 2. The number of hydrogen-bond donors (Lipinski definition) is 2. The van der Waals surface area contributed by atoms with Crippen LogP contribution in [-0.4, -0.2) is 16.6 Å². The molecule has 3 nitrogen and oxygen atoms in total. The first kappa shape index (κ1) is 10.6. The minimum absolute atomic E-state index is 0.0566. The molecule has 4 N–H and O–H groups in total. The van der Waals surface area contributed by atoms with Gasteiger partial charge in [0.05, 0.1) is 0 Å². The molecule has 2 rings (SSSR count). The van der Waals surface area contributed by atoms with Crippen LogP contribution in [0.2, 0.25) is 0 Å². The van der Waals surface area contributed by atoms with Crippen molar-refractivity contribution in [1.29, 1.82) is 0 Å². The zero-order valence-electron chi connectivity index (χ0n) is 9.02. The van der Waals surface area contributed by atoms with E-state index in [9.17, 15) is 0 Å². The smallest absolute Gasteiger partial charge is 0.0300 e. The van der Waals surface area contributed by atoms with Gasteiger partial charge in [-0.3, -0.25) is 4.98 Å². The maximum atomic E-state index is 6.37. The van der Waals surface area contributed by atoms with E-state index in [-0.39, 0.29) is 5.54 Å². The lowest BCUT2D eigenvalue weighted by atomic mass is 9.77. The third-order valence-corrected chi connectivity index (χ3v) is 3.31. The number of nitrogens with zero attached hydrogens (tertiary/aromatic N) is 1. The average Bonchev–Trinajstić information content (AvgIpc) is 2.24. The van der Waals surface area contributed by atoms with Crippen molar-refractivity contribution in [1.82, 2.24) is 4.98 Å². The Morgan fingerprint density at radius 3 is 2.73 bits per heavy atom. The molecule has 0 spiro atoms. The van der Waals surface area contributed by atoms with E-state index in [1.807, 2.05) is 12.3 Å². The van der Waals surface area contributed by atoms with Gasteiger partial charge in [0.25, 0.3) is 0 Å². The van der Waals surface area contributed by atoms with Gasteiger partial charge < -0.3 is 11.5 Å². The van der Waals surface area contributed by atoms with Crippen molar-refractivity contribution in [3.8, 4) is 0 Å². The molecule has 0 atom stereocenters. The lowest BCUT2D eigenvalue weighted by molar-refractivity contribution is 0.271. The molecular weight excluding hydrogens is 186 g/mol. The fourth-order valence-electron chi connectivity index (χ4n) is 2.30. The van der Waals surface area contributed by atoms with Gasteiger partial charge in [-0.25, -0.2) is 0 Å². The molecule has 15 heavy (non-hydrogen) atoms. The van der Waals surface area contributed by atoms with Gasteiger partial charge in [-0.15, -0.1) is 0 Å². The maximum absolute atomic E-state index is 6.37. The molecule has 1 aromatic rings. The van der Waals surface area contributed by atoms with Crippen LogP contribution in [0, 0.1) is 0 Å². The Bertz CT molecular complexity index is 302. The second-order valence-corrected chi connectivity index (χ2v) is 4.74. The van der Waals surface area contributed by atoms with Crippen molar-refractivity contribution < 1.29 is 0 Å². The van der Waals surface area contributed by atoms with E-state index in [0.29, 0.717) is 6.04 Å². The second kappa shape index (κ2) is 4.29. The fraction of sp³-hybridized carbons (Fsp3) is 0.583. The van der Waals surface area contributed by atoms with E-state index in [2.05, 4.69) is 11.1 Å². The first-order chi connectivity index (χ1) is 7.18. The summed E-state index contributed by atoms with van der Waals surface area (Å²) in [6, 6.07) is 4.42. The Balaban J connectivity index is 1.99. The summed E-state index contributed by atoms with van der Waals surface area (Å²) in [5.74, 6) is 0. The molecule has 0 aliphatic heterocycles. The molecule has 0 radical (unpaired) electrons. The van der Waals surface area contributed by atoms with Gasteiger partial charge >= 0.3 is 0 Å². The minimum atomic E-state index is -0.0566. The highest BCUT2D eigenvalue weighted by Crippen LogP contribution is 2.28. The molecule has 1 heterocycles. The topological polar surface area (TPSA) is 64.9 Å². The Labute approximate surface area is 90.9 Å². The van der Waals surface area contributed by atoms with Gasteiger partial charge in [0, 0.05) is 24.0 Å². The van der Waals surface area contributed by atoms with Crippen LogP contribution in [-0.2, 0) is 6.42 Å². The van der Waals surface area contributed by atoms with E-state index in [1.54, 1.807) is 6.20 Å². The molecule has 1 saturated carbocycles. The van der Waals surface area contributed by atoms with Crippen LogP contribution in [0.25, 0.3) is 0 Å². The van der Waals surface area contributed by atoms with Crippen LogP contribution in [0.1, 0.15) is 31.2 Å². The van der Waals surface area contributed by atoms with Crippen LogP contribution < -0.4 is 11.5 Å². The van der Waals surface area contributed by atoms with Gasteiger partial charge in [-0.2, -0.15) is 0 Å². The first-order valence-corrected chi connectivity index (χ1v) is 5.61. The van der Waals surface area contributed by atoms with Gasteiger partial charge in [-0.05, 0) is 43.7 Å². The highest BCUT2D eigenvalue weighted by Gasteiger charge is 2.30. The predicted molar refractivity (Wildman–Crippen MR) is 61.3 cm³/mol. The lowest BCUT2D eigenvalue weighted by Crippen LogP contribution is -2.47. The van der Waals surface area contributed by atoms with E-state index < -0.39 is 0 Å². The summed E-state index contributed by atoms with van der Waals surface area (Å²) in [6.45, 7) is 0. The van der Waals surface area contributed by atoms with Gasteiger partial charge in [0.2, 0.25) is 0 Å². The second-order valence-electron chi connectivity index (χ2n) is 4.74. The fourth-order valence-corrected chi connectivity index (χ4v) is 2.30. The van der Waals surface area contributed by atoms with E-state index in [0.717, 1.165) is 32.1 Å². The van der Waals surface area contributed by atoms with E-state index >= 15 is 0 Å². The maximum Gasteiger partial charge on any atom is 0.0300 e. The number of pyridine rings is 1. The van der Waals surface area contributed by atoms with Crippen LogP contribution in [0.5, 0.6) is 0 Å². The summed E-state index contributed by atoms with van der Waals surface area (Å²) in [6.07, 6.45) is 8.79. The van der Waals surface area contributed by atoms with Crippen molar-refractivity contribution in [2.45, 2.75) is 43.7 Å². The summed E-state index contributed by atoms with van der Waals surface area (Å²) < 4.78 is 0. The zero-order valence-corrected chi connectivity index (χ0v) is 9.02. The highest BCUT2D eigenvalue weighted by molar-refractivity contribution is 5.13. The minimum Gasteiger partial charge on any atom is -0.328 e. The molecule has 1 aliphatic carbocycles. The molecule has 0 amide bonds. The van der Waals surface area contributed by atoms with Crippen molar-refractivity contribution in [3.63, 3.8) is 0 Å². The summed E-state index contributed by atoms with van der Waals surface area (Å²) in [4.78, 5) is 4.12. The van der Waals surface area contributed by atoms with Crippen molar-refractivity contribution in [2.75, 3.05) is 0 Å². The normalized spacial score (nSPS) is 31.5. The third-order valence-electron chi connectivity index (χ3n) is 3.31. The van der Waals surface area contributed by atoms with Crippen molar-refractivity contribution >= 4 is 0 Å². The standard InChI is InChI=1S/C12H19N3/c13-11-3-5-12(14,6-4-11)8-10-2-1-7-15-9-10/h1-2,7,9,11H,3-6,8,13-14H2. The van der Waals surface area contributed by atoms with Crippen LogP contribution in [0.15, 0.2) is 24.5 Å². The van der Waals surface area contributed by atoms with Crippen LogP contribution in [0.3, 0.4) is 0 Å². The summed E-state index contributed by atoms with van der Waals surface area (Å²) in [5.41, 5.74) is 13.4. The summed E-state index contributed by atoms with van der Waals surface area (Å²) >= 11 is 0. The number of nitrogens with two attached hydrogens (primary N) is 2. The predicted octanol–water partition coefficient (Wildman–Crippen LogP) is 1.22. The van der Waals surface area contributed by atoms with Crippen molar-refractivity contribution in [2.24, 2.45) is 11.5 Å². The average molecular weight is 205 g/mol. The summed E-state index contributed by atoms with van der Waals surface area (Å²) in [5, 5.41) is 0. The Kier molecular flexibility index (Phi) is 3.03. The molecule has 82 valence electrons. The molecule has 1 fully saturated rings. The van der Waals surface area contributed by atoms with Crippen LogP contribution >= 0.6 is 0 Å². The largest absolute Gasteiger partial charge is 0.328 e. The Hall–Kier alpha value is -0.930. The molecule has 0 unspecified atom stereocenters. The van der Waals surface area contributed by atoms with Gasteiger partial charge in [0.15, 0.2) is 0 Å². The van der Waals surface area contributed by atoms with Gasteiger partial charge in [0.1, 0.15) is 0 Å². The molecular formula is C12H19N3. The zero-order chi connectivity index (χ0) is 10.7. The molecule has 1 aliphatic rings. The molecule has 0 saturated heterocycles.